The van der Waals surface area contributed by atoms with Gasteiger partial charge in [0.25, 0.3) is 0 Å². The zero-order valence-corrected chi connectivity index (χ0v) is 18.4. The summed E-state index contributed by atoms with van der Waals surface area (Å²) in [5, 5.41) is 0. The van der Waals surface area contributed by atoms with Gasteiger partial charge in [0.2, 0.25) is 0 Å². The van der Waals surface area contributed by atoms with Crippen molar-refractivity contribution in [2.45, 2.75) is 33.3 Å². The molecular formula is C20H40O9. The van der Waals surface area contributed by atoms with Gasteiger partial charge >= 0.3 is 5.97 Å². The first-order valence-electron chi connectivity index (χ1n) is 10.4. The molecule has 0 bridgehead atoms. The van der Waals surface area contributed by atoms with Crippen LogP contribution >= 0.6 is 0 Å². The first-order chi connectivity index (χ1) is 14.2. The molecule has 9 heteroatoms. The Balaban J connectivity index is 3.04. The molecule has 29 heavy (non-hydrogen) atoms. The fraction of sp³-hybridized carbons (Fsp3) is 0.950. The van der Waals surface area contributed by atoms with Crippen LogP contribution in [0.3, 0.4) is 0 Å². The highest BCUT2D eigenvalue weighted by atomic mass is 16.6. The van der Waals surface area contributed by atoms with Gasteiger partial charge in [0.1, 0.15) is 0 Å². The van der Waals surface area contributed by atoms with Crippen LogP contribution in [0, 0.1) is 0 Å². The number of carbonyl (C=O) groups excluding carboxylic acids is 1. The molecule has 0 N–H and O–H groups in total. The van der Waals surface area contributed by atoms with E-state index in [4.69, 9.17) is 37.9 Å². The maximum Gasteiger partial charge on any atom is 0.308 e. The smallest absolute Gasteiger partial charge is 0.308 e. The number of ether oxygens (including phenoxy) is 8. The molecule has 0 saturated heterocycles. The zero-order valence-electron chi connectivity index (χ0n) is 18.4. The van der Waals surface area contributed by atoms with Gasteiger partial charge in [0, 0.05) is 0 Å². The van der Waals surface area contributed by atoms with Gasteiger partial charge in [-0.25, -0.2) is 0 Å². The van der Waals surface area contributed by atoms with Crippen molar-refractivity contribution < 1.29 is 42.7 Å². The van der Waals surface area contributed by atoms with Gasteiger partial charge in [0.15, 0.2) is 0 Å². The molecule has 0 amide bonds. The number of carbonyl (C=O) groups is 1. The first kappa shape index (κ1) is 28.2. The minimum absolute atomic E-state index is 0.235. The maximum atomic E-state index is 11.1. The molecule has 9 nitrogen and oxygen atoms in total. The molecule has 0 radical (unpaired) electrons. The molecule has 0 aromatic rings. The summed E-state index contributed by atoms with van der Waals surface area (Å²) in [4.78, 5) is 11.1. The van der Waals surface area contributed by atoms with E-state index in [9.17, 15) is 4.79 Å². The highest BCUT2D eigenvalue weighted by Gasteiger charge is 2.00. The van der Waals surface area contributed by atoms with Crippen LogP contribution in [-0.2, 0) is 42.7 Å². The van der Waals surface area contributed by atoms with E-state index in [2.05, 4.69) is 0 Å². The molecule has 0 aromatic heterocycles. The Hall–Kier alpha value is -0.810. The van der Waals surface area contributed by atoms with Crippen molar-refractivity contribution in [3.8, 4) is 0 Å². The van der Waals surface area contributed by atoms with Crippen LogP contribution in [0.5, 0.6) is 0 Å². The SMILES string of the molecule is CCOC(=O)CCOCCOCCOCCOCCOCCOCCOC(C)C. The quantitative estimate of drug-likeness (QED) is 0.179. The van der Waals surface area contributed by atoms with Gasteiger partial charge in [-0.1, -0.05) is 0 Å². The van der Waals surface area contributed by atoms with Crippen molar-refractivity contribution in [3.63, 3.8) is 0 Å². The number of esters is 1. The van der Waals surface area contributed by atoms with Crippen molar-refractivity contribution in [3.05, 3.63) is 0 Å². The molecule has 0 spiro atoms. The summed E-state index contributed by atoms with van der Waals surface area (Å²) < 4.78 is 42.4. The summed E-state index contributed by atoms with van der Waals surface area (Å²) >= 11 is 0. The van der Waals surface area contributed by atoms with Crippen LogP contribution in [0.15, 0.2) is 0 Å². The summed E-state index contributed by atoms with van der Waals surface area (Å²) in [6, 6.07) is 0. The molecular weight excluding hydrogens is 384 g/mol. The number of rotatable bonds is 23. The summed E-state index contributed by atoms with van der Waals surface area (Å²) in [6.07, 6.45) is 0.502. The van der Waals surface area contributed by atoms with Crippen LogP contribution < -0.4 is 0 Å². The highest BCUT2D eigenvalue weighted by molar-refractivity contribution is 5.69. The normalized spacial score (nSPS) is 11.3. The molecule has 0 atom stereocenters. The highest BCUT2D eigenvalue weighted by Crippen LogP contribution is 1.89. The molecule has 0 aromatic carbocycles. The molecule has 174 valence electrons. The van der Waals surface area contributed by atoms with E-state index in [1.54, 1.807) is 6.92 Å². The zero-order chi connectivity index (χ0) is 21.4. The van der Waals surface area contributed by atoms with Gasteiger partial charge in [-0.05, 0) is 20.8 Å². The van der Waals surface area contributed by atoms with E-state index in [1.165, 1.54) is 0 Å². The molecule has 0 saturated carbocycles. The predicted molar refractivity (Wildman–Crippen MR) is 107 cm³/mol. The Kier molecular flexibility index (Phi) is 22.8. The predicted octanol–water partition coefficient (Wildman–Crippen LogP) is 1.46. The Morgan fingerprint density at radius 3 is 1.28 bits per heavy atom. The Labute approximate surface area is 175 Å². The van der Waals surface area contributed by atoms with Crippen molar-refractivity contribution in [2.75, 3.05) is 92.5 Å². The summed E-state index contributed by atoms with van der Waals surface area (Å²) in [5.41, 5.74) is 0. The van der Waals surface area contributed by atoms with E-state index in [-0.39, 0.29) is 18.5 Å². The lowest BCUT2D eigenvalue weighted by atomic mass is 10.5. The third kappa shape index (κ3) is 25.2. The first-order valence-corrected chi connectivity index (χ1v) is 10.4. The molecule has 0 unspecified atom stereocenters. The van der Waals surface area contributed by atoms with Crippen LogP contribution in [0.25, 0.3) is 0 Å². The average molecular weight is 425 g/mol. The largest absolute Gasteiger partial charge is 0.466 e. The fourth-order valence-electron chi connectivity index (χ4n) is 1.93. The maximum absolute atomic E-state index is 11.1. The van der Waals surface area contributed by atoms with Gasteiger partial charge in [-0.15, -0.1) is 0 Å². The van der Waals surface area contributed by atoms with Crippen LogP contribution in [0.4, 0.5) is 0 Å². The van der Waals surface area contributed by atoms with Crippen molar-refractivity contribution in [1.82, 2.24) is 0 Å². The van der Waals surface area contributed by atoms with Crippen LogP contribution in [-0.4, -0.2) is 105 Å². The van der Waals surface area contributed by atoms with E-state index < -0.39 is 0 Å². The molecule has 0 aliphatic carbocycles. The van der Waals surface area contributed by atoms with Crippen molar-refractivity contribution in [2.24, 2.45) is 0 Å². The third-order valence-electron chi connectivity index (χ3n) is 3.29. The van der Waals surface area contributed by atoms with Gasteiger partial charge in [-0.2, -0.15) is 0 Å². The number of hydrogen-bond acceptors (Lipinski definition) is 9. The lowest BCUT2D eigenvalue weighted by Crippen LogP contribution is -2.15. The molecule has 0 fully saturated rings. The Bertz CT molecular complexity index is 340. The van der Waals surface area contributed by atoms with E-state index in [0.717, 1.165) is 0 Å². The minimum atomic E-state index is -0.243. The summed E-state index contributed by atoms with van der Waals surface area (Å²) in [5.74, 6) is -0.243. The summed E-state index contributed by atoms with van der Waals surface area (Å²) in [7, 11) is 0. The van der Waals surface area contributed by atoms with Crippen molar-refractivity contribution in [1.29, 1.82) is 0 Å². The van der Waals surface area contributed by atoms with Gasteiger partial charge < -0.3 is 37.9 Å². The van der Waals surface area contributed by atoms with Gasteiger partial charge in [-0.3, -0.25) is 4.79 Å². The van der Waals surface area contributed by atoms with E-state index in [0.29, 0.717) is 92.5 Å². The average Bonchev–Trinajstić information content (AvgIpc) is 2.69. The monoisotopic (exact) mass is 424 g/mol. The van der Waals surface area contributed by atoms with E-state index in [1.807, 2.05) is 13.8 Å². The fourth-order valence-corrected chi connectivity index (χ4v) is 1.93. The Morgan fingerprint density at radius 1 is 0.586 bits per heavy atom. The second kappa shape index (κ2) is 23.5. The van der Waals surface area contributed by atoms with Crippen LogP contribution in [0.1, 0.15) is 27.2 Å². The lowest BCUT2D eigenvalue weighted by molar-refractivity contribution is -0.144. The summed E-state index contributed by atoms with van der Waals surface area (Å²) in [6.45, 7) is 12.8. The second-order valence-electron chi connectivity index (χ2n) is 6.15. The molecule has 0 rings (SSSR count). The van der Waals surface area contributed by atoms with Crippen LogP contribution in [0.2, 0.25) is 0 Å². The molecule has 0 aliphatic heterocycles. The topological polar surface area (TPSA) is 90.9 Å². The standard InChI is InChI=1S/C20H40O9/c1-4-28-20(21)5-6-22-7-8-23-9-10-24-11-12-25-13-14-26-15-16-27-17-18-29-19(2)3/h19H,4-18H2,1-3H3. The second-order valence-corrected chi connectivity index (χ2v) is 6.15. The van der Waals surface area contributed by atoms with Gasteiger partial charge in [0.05, 0.1) is 105 Å². The van der Waals surface area contributed by atoms with E-state index >= 15 is 0 Å². The van der Waals surface area contributed by atoms with Crippen molar-refractivity contribution >= 4 is 5.97 Å². The molecule has 0 aliphatic rings. The third-order valence-corrected chi connectivity index (χ3v) is 3.29. The number of hydrogen-bond donors (Lipinski definition) is 0. The lowest BCUT2D eigenvalue weighted by Gasteiger charge is -2.09. The minimum Gasteiger partial charge on any atom is -0.466 e. The Morgan fingerprint density at radius 2 is 0.931 bits per heavy atom. The molecule has 0 heterocycles.